The summed E-state index contributed by atoms with van der Waals surface area (Å²) in [5.74, 6) is 1.31. The van der Waals surface area contributed by atoms with Crippen molar-refractivity contribution < 1.29 is 0 Å². The second-order valence-electron chi connectivity index (χ2n) is 3.87. The number of rotatable bonds is 5. The zero-order valence-corrected chi connectivity index (χ0v) is 13.4. The van der Waals surface area contributed by atoms with Crippen LogP contribution in [-0.4, -0.2) is 36.2 Å². The predicted molar refractivity (Wildman–Crippen MR) is 86.5 cm³/mol. The number of guanidine groups is 1. The van der Waals surface area contributed by atoms with E-state index in [0.29, 0.717) is 19.0 Å². The molecule has 1 rings (SSSR count). The van der Waals surface area contributed by atoms with E-state index >= 15 is 0 Å². The molecule has 0 unspecified atom stereocenters. The third kappa shape index (κ3) is 4.55. The van der Waals surface area contributed by atoms with Gasteiger partial charge in [0.05, 0.1) is 18.4 Å². The highest BCUT2D eigenvalue weighted by atomic mass is 127. The van der Waals surface area contributed by atoms with Crippen molar-refractivity contribution in [1.82, 2.24) is 14.9 Å². The molecule has 0 atom stereocenters. The van der Waals surface area contributed by atoms with Crippen LogP contribution < -0.4 is 16.0 Å². The van der Waals surface area contributed by atoms with Crippen molar-refractivity contribution in [2.24, 2.45) is 17.8 Å². The highest BCUT2D eigenvalue weighted by Crippen LogP contribution is 2.11. The Morgan fingerprint density at radius 2 is 2.33 bits per heavy atom. The summed E-state index contributed by atoms with van der Waals surface area (Å²) >= 11 is 0. The Bertz CT molecular complexity index is 410. The van der Waals surface area contributed by atoms with Crippen molar-refractivity contribution >= 4 is 35.9 Å². The largest absolute Gasteiger partial charge is 0.370 e. The number of halogens is 1. The maximum absolute atomic E-state index is 5.68. The third-order valence-electron chi connectivity index (χ3n) is 2.30. The molecule has 6 nitrogen and oxygen atoms in total. The van der Waals surface area contributed by atoms with Gasteiger partial charge < -0.3 is 20.5 Å². The average Bonchev–Trinajstić information content (AvgIpc) is 2.65. The Kier molecular flexibility index (Phi) is 7.41. The molecule has 0 saturated heterocycles. The predicted octanol–water partition coefficient (Wildman–Crippen LogP) is 0.694. The summed E-state index contributed by atoms with van der Waals surface area (Å²) in [6.45, 7) is 4.72. The first kappa shape index (κ1) is 16.8. The number of nitrogens with two attached hydrogens (primary N) is 1. The first-order chi connectivity index (χ1) is 8.06. The van der Waals surface area contributed by atoms with Gasteiger partial charge in [-0.1, -0.05) is 6.08 Å². The Labute approximate surface area is 125 Å². The summed E-state index contributed by atoms with van der Waals surface area (Å²) in [5, 5.41) is 2.92. The van der Waals surface area contributed by atoms with E-state index in [2.05, 4.69) is 21.9 Å². The van der Waals surface area contributed by atoms with Crippen molar-refractivity contribution in [2.45, 2.75) is 6.54 Å². The van der Waals surface area contributed by atoms with Gasteiger partial charge in [0.2, 0.25) is 5.95 Å². The van der Waals surface area contributed by atoms with Crippen molar-refractivity contribution in [1.29, 1.82) is 0 Å². The van der Waals surface area contributed by atoms with Gasteiger partial charge >= 0.3 is 0 Å². The number of hydrogen-bond donors (Lipinski definition) is 2. The molecule has 0 bridgehead atoms. The number of aliphatic imine (C=N–C) groups is 1. The summed E-state index contributed by atoms with van der Waals surface area (Å²) in [5.41, 5.74) is 6.69. The molecule has 3 N–H and O–H groups in total. The second-order valence-corrected chi connectivity index (χ2v) is 3.87. The van der Waals surface area contributed by atoms with Crippen LogP contribution in [0.4, 0.5) is 5.95 Å². The Hall–Kier alpha value is -1.25. The van der Waals surface area contributed by atoms with Gasteiger partial charge in [-0.3, -0.25) is 0 Å². The molecule has 0 spiro atoms. The van der Waals surface area contributed by atoms with Gasteiger partial charge in [0.1, 0.15) is 0 Å². The molecule has 1 aromatic rings. The minimum absolute atomic E-state index is 0. The van der Waals surface area contributed by atoms with Crippen LogP contribution in [0.2, 0.25) is 0 Å². The smallest absolute Gasteiger partial charge is 0.204 e. The molecular weight excluding hydrogens is 343 g/mol. The van der Waals surface area contributed by atoms with E-state index in [9.17, 15) is 0 Å². The summed E-state index contributed by atoms with van der Waals surface area (Å²) < 4.78 is 1.99. The number of hydrogen-bond acceptors (Lipinski definition) is 3. The number of imidazole rings is 1. The van der Waals surface area contributed by atoms with E-state index in [0.717, 1.165) is 11.6 Å². The Morgan fingerprint density at radius 1 is 1.67 bits per heavy atom. The van der Waals surface area contributed by atoms with Gasteiger partial charge in [0.25, 0.3) is 0 Å². The third-order valence-corrected chi connectivity index (χ3v) is 2.30. The monoisotopic (exact) mass is 364 g/mol. The number of nitrogens with zero attached hydrogens (tertiary/aromatic N) is 4. The molecule has 0 aromatic carbocycles. The molecule has 1 heterocycles. The van der Waals surface area contributed by atoms with Gasteiger partial charge in [-0.05, 0) is 0 Å². The molecule has 0 fully saturated rings. The van der Waals surface area contributed by atoms with E-state index in [1.165, 1.54) is 0 Å². The lowest BCUT2D eigenvalue weighted by Crippen LogP contribution is -2.31. The molecule has 0 radical (unpaired) electrons. The molecule has 0 amide bonds. The molecule has 0 aliphatic carbocycles. The minimum atomic E-state index is 0. The van der Waals surface area contributed by atoms with E-state index in [1.54, 1.807) is 12.3 Å². The van der Waals surface area contributed by atoms with Crippen LogP contribution in [0.1, 0.15) is 5.69 Å². The van der Waals surface area contributed by atoms with Crippen LogP contribution in [0.15, 0.2) is 23.8 Å². The van der Waals surface area contributed by atoms with Crippen LogP contribution in [0.5, 0.6) is 0 Å². The zero-order valence-electron chi connectivity index (χ0n) is 11.1. The number of nitrogens with one attached hydrogen (secondary N) is 1. The molecule has 1 aromatic heterocycles. The normalized spacial score (nSPS) is 10.7. The maximum atomic E-state index is 5.68. The number of aromatic nitrogens is 2. The number of anilines is 1. The van der Waals surface area contributed by atoms with Gasteiger partial charge in [0, 0.05) is 27.7 Å². The van der Waals surface area contributed by atoms with Crippen molar-refractivity contribution in [3.05, 3.63) is 24.5 Å². The standard InChI is InChI=1S/C11H20N6.HI/c1-5-6-13-10(12)14-7-9-8-15-11(16(2)3)17(9)4;/h5,8H,1,6-7H2,2-4H3,(H3,12,13,14);1H. The fourth-order valence-corrected chi connectivity index (χ4v) is 1.40. The van der Waals surface area contributed by atoms with Gasteiger partial charge in [-0.15, -0.1) is 30.6 Å². The molecule has 102 valence electrons. The molecule has 0 aliphatic rings. The van der Waals surface area contributed by atoms with Crippen LogP contribution >= 0.6 is 24.0 Å². The first-order valence-corrected chi connectivity index (χ1v) is 5.39. The van der Waals surface area contributed by atoms with Gasteiger partial charge in [0.15, 0.2) is 5.96 Å². The van der Waals surface area contributed by atoms with Crippen LogP contribution in [-0.2, 0) is 13.6 Å². The fraction of sp³-hybridized carbons (Fsp3) is 0.455. The van der Waals surface area contributed by atoms with E-state index in [1.807, 2.05) is 30.6 Å². The highest BCUT2D eigenvalue weighted by Gasteiger charge is 2.07. The van der Waals surface area contributed by atoms with E-state index in [4.69, 9.17) is 5.73 Å². The molecular formula is C11H21IN6. The van der Waals surface area contributed by atoms with Gasteiger partial charge in [-0.25, -0.2) is 9.98 Å². The second kappa shape index (κ2) is 7.96. The molecule has 7 heteroatoms. The van der Waals surface area contributed by atoms with Crippen molar-refractivity contribution in [2.75, 3.05) is 25.5 Å². The highest BCUT2D eigenvalue weighted by molar-refractivity contribution is 14.0. The van der Waals surface area contributed by atoms with Crippen LogP contribution in [0.3, 0.4) is 0 Å². The van der Waals surface area contributed by atoms with E-state index in [-0.39, 0.29) is 24.0 Å². The first-order valence-electron chi connectivity index (χ1n) is 5.39. The van der Waals surface area contributed by atoms with Crippen molar-refractivity contribution in [3.8, 4) is 0 Å². The SMILES string of the molecule is C=CCNC(N)=NCc1cnc(N(C)C)n1C.I. The Balaban J connectivity index is 0.00000289. The molecule has 0 aliphatic heterocycles. The lowest BCUT2D eigenvalue weighted by Gasteiger charge is -2.12. The lowest BCUT2D eigenvalue weighted by atomic mass is 10.5. The zero-order chi connectivity index (χ0) is 12.8. The van der Waals surface area contributed by atoms with Crippen molar-refractivity contribution in [3.63, 3.8) is 0 Å². The lowest BCUT2D eigenvalue weighted by molar-refractivity contribution is 0.798. The van der Waals surface area contributed by atoms with Crippen LogP contribution in [0.25, 0.3) is 0 Å². The summed E-state index contributed by atoms with van der Waals surface area (Å²) in [4.78, 5) is 10.5. The Morgan fingerprint density at radius 3 is 2.83 bits per heavy atom. The fourth-order valence-electron chi connectivity index (χ4n) is 1.40. The van der Waals surface area contributed by atoms with Crippen LogP contribution in [0, 0.1) is 0 Å². The summed E-state index contributed by atoms with van der Waals surface area (Å²) in [6.07, 6.45) is 3.54. The quantitative estimate of drug-likeness (QED) is 0.349. The maximum Gasteiger partial charge on any atom is 0.204 e. The topological polar surface area (TPSA) is 71.5 Å². The molecule has 0 saturated carbocycles. The summed E-state index contributed by atoms with van der Waals surface area (Å²) in [6, 6.07) is 0. The summed E-state index contributed by atoms with van der Waals surface area (Å²) in [7, 11) is 5.87. The van der Waals surface area contributed by atoms with Gasteiger partial charge in [-0.2, -0.15) is 0 Å². The average molecular weight is 364 g/mol. The minimum Gasteiger partial charge on any atom is -0.370 e. The van der Waals surface area contributed by atoms with E-state index < -0.39 is 0 Å². The molecule has 18 heavy (non-hydrogen) atoms.